The van der Waals surface area contributed by atoms with Crippen LogP contribution in [0.4, 0.5) is 0 Å². The van der Waals surface area contributed by atoms with Gasteiger partial charge in [-0.15, -0.1) is 24.0 Å². The van der Waals surface area contributed by atoms with Gasteiger partial charge in [0.05, 0.1) is 13.2 Å². The van der Waals surface area contributed by atoms with Crippen molar-refractivity contribution in [3.63, 3.8) is 0 Å². The summed E-state index contributed by atoms with van der Waals surface area (Å²) in [5.74, 6) is 1.52. The van der Waals surface area contributed by atoms with Crippen molar-refractivity contribution in [3.8, 4) is 5.88 Å². The lowest BCUT2D eigenvalue weighted by Crippen LogP contribution is -2.45. The van der Waals surface area contributed by atoms with Crippen LogP contribution >= 0.6 is 24.0 Å². The van der Waals surface area contributed by atoms with E-state index in [1.54, 1.807) is 13.3 Å². The van der Waals surface area contributed by atoms with Crippen LogP contribution in [-0.4, -0.2) is 67.8 Å². The van der Waals surface area contributed by atoms with Gasteiger partial charge in [-0.1, -0.05) is 13.0 Å². The number of nitrogens with one attached hydrogen (secondary N) is 2. The molecule has 1 saturated heterocycles. The number of nitrogens with zero attached hydrogens (tertiary/aromatic N) is 3. The van der Waals surface area contributed by atoms with Crippen LogP contribution in [0.25, 0.3) is 0 Å². The lowest BCUT2D eigenvalue weighted by Gasteiger charge is -2.18. The number of likely N-dealkylation sites (tertiary alicyclic amines) is 1. The van der Waals surface area contributed by atoms with Gasteiger partial charge in [0.15, 0.2) is 5.96 Å². The van der Waals surface area contributed by atoms with Gasteiger partial charge in [0, 0.05) is 51.0 Å². The largest absolute Gasteiger partial charge is 0.475 e. The summed E-state index contributed by atoms with van der Waals surface area (Å²) in [6.07, 6.45) is 3.18. The summed E-state index contributed by atoms with van der Waals surface area (Å²) < 4.78 is 10.7. The Hall–Kier alpha value is -1.62. The van der Waals surface area contributed by atoms with Gasteiger partial charge >= 0.3 is 0 Å². The summed E-state index contributed by atoms with van der Waals surface area (Å²) in [5, 5.41) is 6.70. The molecule has 1 unspecified atom stereocenters. The number of hydrogen-bond acceptors (Lipinski definition) is 5. The molecule has 1 atom stereocenters. The predicted octanol–water partition coefficient (Wildman–Crippen LogP) is 1.79. The third kappa shape index (κ3) is 7.78. The van der Waals surface area contributed by atoms with Crippen LogP contribution in [0, 0.1) is 0 Å². The Bertz CT molecular complexity index is 629. The maximum Gasteiger partial charge on any atom is 0.222 e. The van der Waals surface area contributed by atoms with E-state index in [1.807, 2.05) is 30.9 Å². The zero-order valence-corrected chi connectivity index (χ0v) is 19.3. The van der Waals surface area contributed by atoms with Crippen LogP contribution in [0.3, 0.4) is 0 Å². The number of pyridine rings is 1. The normalized spacial score (nSPS) is 16.5. The summed E-state index contributed by atoms with van der Waals surface area (Å²) in [4.78, 5) is 22.7. The summed E-state index contributed by atoms with van der Waals surface area (Å²) in [5.41, 5.74) is 0.917. The Kier molecular flexibility index (Phi) is 11.8. The van der Waals surface area contributed by atoms with Crippen LogP contribution in [0.5, 0.6) is 5.88 Å². The quantitative estimate of drug-likeness (QED) is 0.230. The summed E-state index contributed by atoms with van der Waals surface area (Å²) in [6.45, 7) is 7.62. The highest BCUT2D eigenvalue weighted by Gasteiger charge is 2.25. The molecular weight excluding hydrogens is 473 g/mol. The minimum absolute atomic E-state index is 0. The molecule has 1 fully saturated rings. The molecule has 0 radical (unpaired) electrons. The van der Waals surface area contributed by atoms with E-state index >= 15 is 0 Å². The third-order valence-corrected chi connectivity index (χ3v) is 4.31. The van der Waals surface area contributed by atoms with Crippen molar-refractivity contribution in [2.45, 2.75) is 39.3 Å². The van der Waals surface area contributed by atoms with Gasteiger partial charge in [0.2, 0.25) is 11.8 Å². The van der Waals surface area contributed by atoms with E-state index in [2.05, 4.69) is 20.6 Å². The fourth-order valence-corrected chi connectivity index (χ4v) is 2.90. The molecule has 1 aliphatic rings. The van der Waals surface area contributed by atoms with Crippen LogP contribution in [-0.2, 0) is 16.1 Å². The van der Waals surface area contributed by atoms with Crippen molar-refractivity contribution in [2.24, 2.45) is 4.99 Å². The van der Waals surface area contributed by atoms with Crippen LogP contribution in [0.15, 0.2) is 23.3 Å². The van der Waals surface area contributed by atoms with Gasteiger partial charge in [-0.2, -0.15) is 0 Å². The zero-order valence-electron chi connectivity index (χ0n) is 16.9. The second-order valence-electron chi connectivity index (χ2n) is 6.33. The number of carbonyl (C=O) groups is 1. The van der Waals surface area contributed by atoms with Gasteiger partial charge in [0.25, 0.3) is 0 Å². The van der Waals surface area contributed by atoms with Crippen molar-refractivity contribution >= 4 is 35.8 Å². The molecule has 0 saturated carbocycles. The molecule has 0 spiro atoms. The molecule has 1 aromatic heterocycles. The lowest BCUT2D eigenvalue weighted by atomic mass is 10.2. The fourth-order valence-electron chi connectivity index (χ4n) is 2.90. The maximum absolute atomic E-state index is 11.8. The Morgan fingerprint density at radius 1 is 1.39 bits per heavy atom. The van der Waals surface area contributed by atoms with Crippen molar-refractivity contribution in [2.75, 3.05) is 40.0 Å². The highest BCUT2D eigenvalue weighted by molar-refractivity contribution is 14.0. The van der Waals surface area contributed by atoms with Crippen molar-refractivity contribution < 1.29 is 14.3 Å². The highest BCUT2D eigenvalue weighted by atomic mass is 127. The Balaban J connectivity index is 0.00000392. The average molecular weight is 505 g/mol. The fraction of sp³-hybridized carbons (Fsp3) is 0.632. The number of rotatable bonds is 9. The molecule has 0 bridgehead atoms. The second kappa shape index (κ2) is 13.5. The van der Waals surface area contributed by atoms with E-state index < -0.39 is 0 Å². The molecule has 1 amide bonds. The highest BCUT2D eigenvalue weighted by Crippen LogP contribution is 2.15. The Morgan fingerprint density at radius 3 is 2.93 bits per heavy atom. The lowest BCUT2D eigenvalue weighted by molar-refractivity contribution is -0.129. The first-order chi connectivity index (χ1) is 13.2. The molecule has 158 valence electrons. The number of carbonyl (C=O) groups excluding carboxylic acids is 1. The summed E-state index contributed by atoms with van der Waals surface area (Å²) >= 11 is 0. The smallest absolute Gasteiger partial charge is 0.222 e. The molecule has 0 aromatic carbocycles. The molecule has 9 heteroatoms. The van der Waals surface area contributed by atoms with E-state index in [-0.39, 0.29) is 35.9 Å². The number of guanidine groups is 1. The molecule has 2 N–H and O–H groups in total. The summed E-state index contributed by atoms with van der Waals surface area (Å²) in [6, 6.07) is 4.04. The van der Waals surface area contributed by atoms with Gasteiger partial charge in [0.1, 0.15) is 6.61 Å². The minimum atomic E-state index is 0. The van der Waals surface area contributed by atoms with Gasteiger partial charge in [-0.3, -0.25) is 4.79 Å². The Labute approximate surface area is 184 Å². The Morgan fingerprint density at radius 2 is 2.21 bits per heavy atom. The van der Waals surface area contributed by atoms with Crippen molar-refractivity contribution in [3.05, 3.63) is 23.9 Å². The molecule has 2 heterocycles. The zero-order chi connectivity index (χ0) is 19.5. The monoisotopic (exact) mass is 505 g/mol. The van der Waals surface area contributed by atoms with Crippen LogP contribution in [0.2, 0.25) is 0 Å². The first-order valence-corrected chi connectivity index (χ1v) is 9.56. The number of aromatic nitrogens is 1. The molecule has 28 heavy (non-hydrogen) atoms. The standard InChI is InChI=1S/C19H31N5O3.HI/c1-4-17(25)24-10-8-16(14-24)23-19(20-5-2)22-13-15-7-6-9-21-18(15)27-12-11-26-3;/h6-7,9,16H,4-5,8,10-14H2,1-3H3,(H2,20,22,23);1H. The van der Waals surface area contributed by atoms with E-state index in [0.717, 1.165) is 37.6 Å². The van der Waals surface area contributed by atoms with Crippen LogP contribution in [0.1, 0.15) is 32.3 Å². The van der Waals surface area contributed by atoms with E-state index in [1.165, 1.54) is 0 Å². The van der Waals surface area contributed by atoms with E-state index in [9.17, 15) is 4.79 Å². The van der Waals surface area contributed by atoms with E-state index in [0.29, 0.717) is 32.1 Å². The number of hydrogen-bond donors (Lipinski definition) is 2. The van der Waals surface area contributed by atoms with Gasteiger partial charge < -0.3 is 25.0 Å². The molecular formula is C19H32IN5O3. The van der Waals surface area contributed by atoms with Crippen LogP contribution < -0.4 is 15.4 Å². The van der Waals surface area contributed by atoms with Crippen molar-refractivity contribution in [1.29, 1.82) is 0 Å². The van der Waals surface area contributed by atoms with Gasteiger partial charge in [-0.25, -0.2) is 9.98 Å². The number of aliphatic imine (C=N–C) groups is 1. The topological polar surface area (TPSA) is 88.1 Å². The number of halogens is 1. The number of methoxy groups -OCH3 is 1. The second-order valence-corrected chi connectivity index (χ2v) is 6.33. The molecule has 8 nitrogen and oxygen atoms in total. The molecule has 2 rings (SSSR count). The molecule has 1 aliphatic heterocycles. The average Bonchev–Trinajstić information content (AvgIpc) is 3.15. The number of amides is 1. The minimum Gasteiger partial charge on any atom is -0.475 e. The van der Waals surface area contributed by atoms with Gasteiger partial charge in [-0.05, 0) is 19.4 Å². The molecule has 0 aliphatic carbocycles. The maximum atomic E-state index is 11.8. The molecule has 1 aromatic rings. The van der Waals surface area contributed by atoms with E-state index in [4.69, 9.17) is 9.47 Å². The van der Waals surface area contributed by atoms with Crippen molar-refractivity contribution in [1.82, 2.24) is 20.5 Å². The first kappa shape index (κ1) is 24.4. The third-order valence-electron chi connectivity index (χ3n) is 4.31. The first-order valence-electron chi connectivity index (χ1n) is 9.56. The SMILES string of the molecule is CCNC(=NCc1cccnc1OCCOC)NC1CCN(C(=O)CC)C1.I. The number of ether oxygens (including phenoxy) is 2. The summed E-state index contributed by atoms with van der Waals surface area (Å²) in [7, 11) is 1.64. The predicted molar refractivity (Wildman–Crippen MR) is 120 cm³/mol.